The number of rotatable bonds is 5. The topological polar surface area (TPSA) is 74.8 Å². The Hall–Kier alpha value is -2.12. The van der Waals surface area contributed by atoms with Crippen LogP contribution in [0.3, 0.4) is 0 Å². The fourth-order valence-corrected chi connectivity index (χ4v) is 3.27. The summed E-state index contributed by atoms with van der Waals surface area (Å²) in [5, 5.41) is 5.14. The lowest BCUT2D eigenvalue weighted by Gasteiger charge is -2.11. The van der Waals surface area contributed by atoms with Gasteiger partial charge in [-0.1, -0.05) is 41.4 Å². The molecule has 0 radical (unpaired) electrons. The van der Waals surface area contributed by atoms with Gasteiger partial charge < -0.3 is 4.74 Å². The van der Waals surface area contributed by atoms with Crippen LogP contribution in [0.1, 0.15) is 23.6 Å². The molecule has 2 aromatic carbocycles. The number of carbonyl (C=O) groups is 1. The van der Waals surface area contributed by atoms with Crippen LogP contribution in [-0.4, -0.2) is 25.3 Å². The zero-order chi connectivity index (χ0) is 18.5. The summed E-state index contributed by atoms with van der Waals surface area (Å²) in [4.78, 5) is 12.3. The highest BCUT2D eigenvalue weighted by atomic mass is 35.5. The maximum atomic E-state index is 12.3. The predicted molar refractivity (Wildman–Crippen MR) is 103 cm³/mol. The number of amides is 1. The Morgan fingerprint density at radius 1 is 1.27 bits per heavy atom. The van der Waals surface area contributed by atoms with E-state index in [1.54, 1.807) is 25.5 Å². The van der Waals surface area contributed by atoms with Gasteiger partial charge in [-0.3, -0.25) is 4.79 Å². The molecule has 0 saturated carbocycles. The average Bonchev–Trinajstić information content (AvgIpc) is 3.12. The first-order valence-electron chi connectivity index (χ1n) is 8.00. The third-order valence-corrected chi connectivity index (χ3v) is 4.64. The SMILES string of the molecule is COc1ccccc1/C=N/NC(=O)C1CC(c2ccc(Cl)cc2Cl)NN1. The summed E-state index contributed by atoms with van der Waals surface area (Å²) in [5.74, 6) is 0.444. The number of hydrazine groups is 1. The van der Waals surface area contributed by atoms with Gasteiger partial charge in [0.25, 0.3) is 5.91 Å². The molecule has 1 heterocycles. The van der Waals surface area contributed by atoms with Crippen LogP contribution in [0.4, 0.5) is 0 Å². The molecule has 1 saturated heterocycles. The Kier molecular flexibility index (Phi) is 6.11. The van der Waals surface area contributed by atoms with Crippen molar-refractivity contribution in [3.63, 3.8) is 0 Å². The Bertz CT molecular complexity index is 829. The summed E-state index contributed by atoms with van der Waals surface area (Å²) in [5.41, 5.74) is 10.2. The molecule has 2 unspecified atom stereocenters. The molecule has 1 amide bonds. The van der Waals surface area contributed by atoms with Gasteiger partial charge in [0.1, 0.15) is 11.8 Å². The number of nitrogens with zero attached hydrogens (tertiary/aromatic N) is 1. The largest absolute Gasteiger partial charge is 0.496 e. The van der Waals surface area contributed by atoms with Gasteiger partial charge in [0.05, 0.1) is 13.3 Å². The van der Waals surface area contributed by atoms with Crippen molar-refractivity contribution >= 4 is 35.3 Å². The third kappa shape index (κ3) is 4.34. The number of para-hydroxylation sites is 1. The van der Waals surface area contributed by atoms with E-state index in [4.69, 9.17) is 27.9 Å². The molecule has 3 rings (SSSR count). The van der Waals surface area contributed by atoms with E-state index >= 15 is 0 Å². The van der Waals surface area contributed by atoms with Gasteiger partial charge in [0.2, 0.25) is 0 Å². The normalized spacial score (nSPS) is 19.7. The fourth-order valence-electron chi connectivity index (χ4n) is 2.73. The Labute approximate surface area is 161 Å². The lowest BCUT2D eigenvalue weighted by molar-refractivity contribution is -0.122. The molecule has 0 aliphatic carbocycles. The summed E-state index contributed by atoms with van der Waals surface area (Å²) in [6.45, 7) is 0. The smallest absolute Gasteiger partial charge is 0.258 e. The van der Waals surface area contributed by atoms with Crippen molar-refractivity contribution in [2.45, 2.75) is 18.5 Å². The van der Waals surface area contributed by atoms with Crippen molar-refractivity contribution in [2.75, 3.05) is 7.11 Å². The van der Waals surface area contributed by atoms with E-state index in [0.29, 0.717) is 22.2 Å². The molecular weight excluding hydrogens is 375 g/mol. The standard InChI is InChI=1S/C18H18Cl2N4O2/c1-26-17-5-3-2-4-11(17)10-21-24-18(25)16-9-15(22-23-16)13-7-6-12(19)8-14(13)20/h2-8,10,15-16,22-23H,9H2,1H3,(H,24,25)/b21-10+. The molecule has 6 nitrogen and oxygen atoms in total. The lowest BCUT2D eigenvalue weighted by atomic mass is 10.0. The van der Waals surface area contributed by atoms with Crippen LogP contribution < -0.4 is 21.0 Å². The molecule has 8 heteroatoms. The number of ether oxygens (including phenoxy) is 1. The van der Waals surface area contributed by atoms with Crippen LogP contribution in [0.5, 0.6) is 5.75 Å². The van der Waals surface area contributed by atoms with Gasteiger partial charge in [-0.05, 0) is 36.2 Å². The highest BCUT2D eigenvalue weighted by Gasteiger charge is 2.31. The average molecular weight is 393 g/mol. The summed E-state index contributed by atoms with van der Waals surface area (Å²) in [6.07, 6.45) is 2.09. The van der Waals surface area contributed by atoms with Crippen LogP contribution in [0, 0.1) is 0 Å². The number of methoxy groups -OCH3 is 1. The predicted octanol–water partition coefficient (Wildman–Crippen LogP) is 3.06. The summed E-state index contributed by atoms with van der Waals surface area (Å²) in [6, 6.07) is 12.2. The fraction of sp³-hybridized carbons (Fsp3) is 0.222. The minimum Gasteiger partial charge on any atom is -0.496 e. The summed E-state index contributed by atoms with van der Waals surface area (Å²) in [7, 11) is 1.58. The van der Waals surface area contributed by atoms with E-state index < -0.39 is 6.04 Å². The molecule has 1 aliphatic rings. The van der Waals surface area contributed by atoms with Gasteiger partial charge >= 0.3 is 0 Å². The second kappa shape index (κ2) is 8.51. The quantitative estimate of drug-likeness (QED) is 0.539. The van der Waals surface area contributed by atoms with Crippen molar-refractivity contribution in [3.05, 3.63) is 63.6 Å². The van der Waals surface area contributed by atoms with Gasteiger partial charge in [0, 0.05) is 21.7 Å². The Morgan fingerprint density at radius 2 is 2.08 bits per heavy atom. The van der Waals surface area contributed by atoms with Crippen LogP contribution in [0.25, 0.3) is 0 Å². The highest BCUT2D eigenvalue weighted by molar-refractivity contribution is 6.35. The zero-order valence-corrected chi connectivity index (χ0v) is 15.5. The highest BCUT2D eigenvalue weighted by Crippen LogP contribution is 2.30. The van der Waals surface area contributed by atoms with Crippen LogP contribution in [0.2, 0.25) is 10.0 Å². The number of carbonyl (C=O) groups excluding carboxylic acids is 1. The molecule has 1 aliphatic heterocycles. The van der Waals surface area contributed by atoms with Crippen molar-refractivity contribution in [1.82, 2.24) is 16.3 Å². The molecule has 136 valence electrons. The van der Waals surface area contributed by atoms with Crippen LogP contribution >= 0.6 is 23.2 Å². The molecule has 0 aromatic heterocycles. The first-order chi connectivity index (χ1) is 12.6. The van der Waals surface area contributed by atoms with E-state index in [0.717, 1.165) is 11.1 Å². The maximum Gasteiger partial charge on any atom is 0.258 e. The molecular formula is C18H18Cl2N4O2. The van der Waals surface area contributed by atoms with Gasteiger partial charge in [-0.15, -0.1) is 0 Å². The first kappa shape index (κ1) is 18.7. The van der Waals surface area contributed by atoms with E-state index in [2.05, 4.69) is 21.4 Å². The summed E-state index contributed by atoms with van der Waals surface area (Å²) >= 11 is 12.2. The number of benzene rings is 2. The van der Waals surface area contributed by atoms with Crippen LogP contribution in [-0.2, 0) is 4.79 Å². The molecule has 3 N–H and O–H groups in total. The summed E-state index contributed by atoms with van der Waals surface area (Å²) < 4.78 is 5.24. The Morgan fingerprint density at radius 3 is 2.85 bits per heavy atom. The number of halogens is 2. The minimum atomic E-state index is -0.429. The number of hydrogen-bond donors (Lipinski definition) is 3. The minimum absolute atomic E-state index is 0.0892. The van der Waals surface area contributed by atoms with E-state index in [-0.39, 0.29) is 11.9 Å². The van der Waals surface area contributed by atoms with E-state index in [1.165, 1.54) is 0 Å². The van der Waals surface area contributed by atoms with Crippen LogP contribution in [0.15, 0.2) is 47.6 Å². The maximum absolute atomic E-state index is 12.3. The lowest BCUT2D eigenvalue weighted by Crippen LogP contribution is -2.41. The molecule has 0 spiro atoms. The van der Waals surface area contributed by atoms with Crippen molar-refractivity contribution in [3.8, 4) is 5.75 Å². The second-order valence-electron chi connectivity index (χ2n) is 5.77. The van der Waals surface area contributed by atoms with Crippen molar-refractivity contribution in [2.24, 2.45) is 5.10 Å². The van der Waals surface area contributed by atoms with Crippen molar-refractivity contribution < 1.29 is 9.53 Å². The zero-order valence-electron chi connectivity index (χ0n) is 14.0. The van der Waals surface area contributed by atoms with E-state index in [9.17, 15) is 4.79 Å². The van der Waals surface area contributed by atoms with Gasteiger partial charge in [-0.25, -0.2) is 16.3 Å². The molecule has 2 aromatic rings. The second-order valence-corrected chi connectivity index (χ2v) is 6.62. The van der Waals surface area contributed by atoms with Gasteiger partial charge in [-0.2, -0.15) is 5.10 Å². The molecule has 0 bridgehead atoms. The van der Waals surface area contributed by atoms with E-state index in [1.807, 2.05) is 30.3 Å². The molecule has 26 heavy (non-hydrogen) atoms. The molecule has 1 fully saturated rings. The number of hydrazone groups is 1. The third-order valence-electron chi connectivity index (χ3n) is 4.07. The number of hydrogen-bond acceptors (Lipinski definition) is 5. The Balaban J connectivity index is 1.58. The monoisotopic (exact) mass is 392 g/mol. The van der Waals surface area contributed by atoms with Crippen molar-refractivity contribution in [1.29, 1.82) is 0 Å². The first-order valence-corrected chi connectivity index (χ1v) is 8.76. The van der Waals surface area contributed by atoms with Gasteiger partial charge in [0.15, 0.2) is 0 Å². The number of nitrogens with one attached hydrogen (secondary N) is 3. The molecule has 2 atom stereocenters.